The van der Waals surface area contributed by atoms with E-state index in [2.05, 4.69) is 0 Å². The average molecular weight is 302 g/mol. The van der Waals surface area contributed by atoms with E-state index < -0.39 is 21.9 Å². The molecule has 2 N–H and O–H groups in total. The molecule has 0 aliphatic rings. The minimum absolute atomic E-state index is 0. The molecule has 0 fully saturated rings. The molecule has 0 radical (unpaired) electrons. The van der Waals surface area contributed by atoms with Crippen LogP contribution in [0.5, 0.6) is 0 Å². The van der Waals surface area contributed by atoms with E-state index >= 15 is 0 Å². The van der Waals surface area contributed by atoms with Crippen molar-refractivity contribution in [2.45, 2.75) is 6.92 Å². The molecular formula is C12H11N2NaO4S. The number of carboxylic acid groups (broad SMARTS) is 1. The molecule has 2 rings (SSSR count). The van der Waals surface area contributed by atoms with E-state index in [9.17, 15) is 18.3 Å². The van der Waals surface area contributed by atoms with Crippen molar-refractivity contribution in [3.05, 3.63) is 47.8 Å². The van der Waals surface area contributed by atoms with Crippen LogP contribution >= 0.6 is 0 Å². The first-order valence-electron chi connectivity index (χ1n) is 5.34. The Morgan fingerprint density at radius 1 is 1.20 bits per heavy atom. The number of carboxylic acids is 1. The molecule has 0 saturated carbocycles. The van der Waals surface area contributed by atoms with Gasteiger partial charge >= 0.3 is 39.8 Å². The molecule has 0 bridgehead atoms. The molecular weight excluding hydrogens is 291 g/mol. The van der Waals surface area contributed by atoms with E-state index in [1.54, 1.807) is 24.3 Å². The van der Waals surface area contributed by atoms with Crippen molar-refractivity contribution in [3.8, 4) is 11.1 Å². The van der Waals surface area contributed by atoms with Crippen LogP contribution in [0.15, 0.2) is 36.5 Å². The second-order valence-electron chi connectivity index (χ2n) is 4.07. The molecule has 2 aromatic rings. The molecule has 1 aromatic heterocycles. The Labute approximate surface area is 138 Å². The van der Waals surface area contributed by atoms with Gasteiger partial charge in [0.1, 0.15) is 0 Å². The smallest absolute Gasteiger partial charge is 0.543 e. The quantitative estimate of drug-likeness (QED) is 0.606. The Hall–Kier alpha value is -1.12. The summed E-state index contributed by atoms with van der Waals surface area (Å²) in [6.07, 6.45) is 1.09. The Morgan fingerprint density at radius 3 is 2.20 bits per heavy atom. The first-order chi connectivity index (χ1) is 8.80. The third-order valence-corrected chi connectivity index (χ3v) is 3.53. The van der Waals surface area contributed by atoms with Gasteiger partial charge in [-0.2, -0.15) is 8.42 Å². The van der Waals surface area contributed by atoms with Gasteiger partial charge < -0.3 is 9.90 Å². The zero-order chi connectivity index (χ0) is 14.2. The van der Waals surface area contributed by atoms with E-state index in [4.69, 9.17) is 5.14 Å². The summed E-state index contributed by atoms with van der Waals surface area (Å²) in [7, 11) is -4.18. The predicted octanol–water partition coefficient (Wildman–Crippen LogP) is -3.12. The van der Waals surface area contributed by atoms with Crippen LogP contribution in [-0.2, 0) is 10.2 Å². The van der Waals surface area contributed by atoms with Gasteiger partial charge in [-0.3, -0.25) is 0 Å². The molecule has 1 aromatic carbocycles. The molecule has 0 saturated heterocycles. The molecule has 0 spiro atoms. The summed E-state index contributed by atoms with van der Waals surface area (Å²) in [6.45, 7) is 1.89. The standard InChI is InChI=1S/C12H12N2O4S.Na/c1-8-2-4-9(5-3-8)10-6-7-14(19(13,17)18)11(10)12(15)16;/h2-7H,1H3,(H,15,16)(H2,13,17,18);/q;+1/p-1. The van der Waals surface area contributed by atoms with Gasteiger partial charge in [0.2, 0.25) is 0 Å². The summed E-state index contributed by atoms with van der Waals surface area (Å²) in [4.78, 5) is 11.1. The molecule has 0 amide bonds. The van der Waals surface area contributed by atoms with Crippen LogP contribution in [0.4, 0.5) is 0 Å². The summed E-state index contributed by atoms with van der Waals surface area (Å²) in [5.41, 5.74) is 1.34. The maximum atomic E-state index is 11.3. The number of benzene rings is 1. The number of nitrogens with two attached hydrogens (primary N) is 1. The van der Waals surface area contributed by atoms with E-state index in [0.717, 1.165) is 11.8 Å². The van der Waals surface area contributed by atoms with Gasteiger partial charge in [0.05, 0.1) is 11.7 Å². The number of nitrogens with zero attached hydrogens (tertiary/aromatic N) is 1. The van der Waals surface area contributed by atoms with Crippen molar-refractivity contribution in [1.29, 1.82) is 0 Å². The molecule has 6 nitrogen and oxygen atoms in total. The van der Waals surface area contributed by atoms with Gasteiger partial charge in [-0.15, -0.1) is 0 Å². The van der Waals surface area contributed by atoms with E-state index in [-0.39, 0.29) is 35.1 Å². The van der Waals surface area contributed by atoms with Crippen LogP contribution in [0, 0.1) is 6.92 Å². The zero-order valence-corrected chi connectivity index (χ0v) is 13.8. The predicted molar refractivity (Wildman–Crippen MR) is 67.4 cm³/mol. The largest absolute Gasteiger partial charge is 1.00 e. The number of aryl methyl sites for hydroxylation is 1. The Kier molecular flexibility index (Phi) is 5.17. The summed E-state index contributed by atoms with van der Waals surface area (Å²) in [5, 5.41) is 16.1. The summed E-state index contributed by atoms with van der Waals surface area (Å²) >= 11 is 0. The number of carbonyl (C=O) groups is 1. The molecule has 0 aliphatic heterocycles. The minimum Gasteiger partial charge on any atom is -0.543 e. The topological polar surface area (TPSA) is 105 Å². The van der Waals surface area contributed by atoms with Gasteiger partial charge in [0.25, 0.3) is 0 Å². The van der Waals surface area contributed by atoms with Crippen LogP contribution in [0.2, 0.25) is 0 Å². The van der Waals surface area contributed by atoms with Gasteiger partial charge in [-0.05, 0) is 18.6 Å². The maximum absolute atomic E-state index is 11.3. The Morgan fingerprint density at radius 2 is 1.75 bits per heavy atom. The third kappa shape index (κ3) is 3.31. The average Bonchev–Trinajstić information content (AvgIpc) is 2.74. The van der Waals surface area contributed by atoms with Crippen LogP contribution in [0.3, 0.4) is 0 Å². The van der Waals surface area contributed by atoms with Crippen molar-refractivity contribution in [2.75, 3.05) is 0 Å². The van der Waals surface area contributed by atoms with Crippen LogP contribution < -0.4 is 39.8 Å². The van der Waals surface area contributed by atoms with E-state index in [1.165, 1.54) is 6.07 Å². The molecule has 0 unspecified atom stereocenters. The number of hydrogen-bond donors (Lipinski definition) is 1. The van der Waals surface area contributed by atoms with Crippen molar-refractivity contribution in [2.24, 2.45) is 5.14 Å². The van der Waals surface area contributed by atoms with Crippen LogP contribution in [0.25, 0.3) is 11.1 Å². The number of carbonyl (C=O) groups excluding carboxylic acids is 1. The summed E-state index contributed by atoms with van der Waals surface area (Å²) in [5.74, 6) is -1.60. The second-order valence-corrected chi connectivity index (χ2v) is 5.50. The zero-order valence-electron chi connectivity index (χ0n) is 11.0. The number of rotatable bonds is 3. The summed E-state index contributed by atoms with van der Waals surface area (Å²) in [6, 6.07) is 8.36. The molecule has 8 heteroatoms. The number of aromatic carboxylic acids is 1. The van der Waals surface area contributed by atoms with Gasteiger partial charge in [0.15, 0.2) is 0 Å². The van der Waals surface area contributed by atoms with Crippen LogP contribution in [-0.4, -0.2) is 18.4 Å². The van der Waals surface area contributed by atoms with Gasteiger partial charge in [-0.25, -0.2) is 9.11 Å². The van der Waals surface area contributed by atoms with E-state index in [1.807, 2.05) is 6.92 Å². The van der Waals surface area contributed by atoms with Crippen molar-refractivity contribution in [1.82, 2.24) is 3.97 Å². The fourth-order valence-corrected chi connectivity index (χ4v) is 2.45. The molecule has 100 valence electrons. The third-order valence-electron chi connectivity index (χ3n) is 2.68. The molecule has 1 heterocycles. The maximum Gasteiger partial charge on any atom is 1.00 e. The first-order valence-corrected chi connectivity index (χ1v) is 6.84. The second kappa shape index (κ2) is 6.11. The van der Waals surface area contributed by atoms with Crippen molar-refractivity contribution >= 4 is 16.2 Å². The first kappa shape index (κ1) is 16.9. The Bertz CT molecular complexity index is 735. The number of hydrogen-bond acceptors (Lipinski definition) is 4. The normalized spacial score (nSPS) is 10.9. The van der Waals surface area contributed by atoms with Gasteiger partial charge in [0, 0.05) is 11.8 Å². The fraction of sp³-hybridized carbons (Fsp3) is 0.0833. The van der Waals surface area contributed by atoms with Gasteiger partial charge in [-0.1, -0.05) is 29.8 Å². The van der Waals surface area contributed by atoms with Crippen LogP contribution in [0.1, 0.15) is 16.1 Å². The molecule has 0 aliphatic carbocycles. The number of aromatic nitrogens is 1. The Balaban J connectivity index is 0.00000200. The minimum atomic E-state index is -4.18. The molecule has 0 atom stereocenters. The van der Waals surface area contributed by atoms with E-state index in [0.29, 0.717) is 9.54 Å². The fourth-order valence-electron chi connectivity index (χ4n) is 1.79. The van der Waals surface area contributed by atoms with Crippen molar-refractivity contribution < 1.29 is 47.9 Å². The SMILES string of the molecule is Cc1ccc(-c2ccn(S(N)(=O)=O)c2C(=O)[O-])cc1.[Na+]. The summed E-state index contributed by atoms with van der Waals surface area (Å²) < 4.78 is 23.1. The van der Waals surface area contributed by atoms with Crippen molar-refractivity contribution in [3.63, 3.8) is 0 Å². The monoisotopic (exact) mass is 302 g/mol. The molecule has 20 heavy (non-hydrogen) atoms.